The molecule has 2 bridgehead atoms. The van der Waals surface area contributed by atoms with E-state index in [1.54, 1.807) is 20.8 Å². The lowest BCUT2D eigenvalue weighted by molar-refractivity contribution is -0.265. The molecule has 0 radical (unpaired) electrons. The minimum atomic E-state index is -2.44. The average molecular weight is 561 g/mol. The highest BCUT2D eigenvalue weighted by molar-refractivity contribution is 6.00. The second-order valence-corrected chi connectivity index (χ2v) is 14.7. The van der Waals surface area contributed by atoms with Crippen molar-refractivity contribution in [2.45, 2.75) is 119 Å². The van der Waals surface area contributed by atoms with Crippen molar-refractivity contribution in [2.75, 3.05) is 0 Å². The van der Waals surface area contributed by atoms with Crippen molar-refractivity contribution in [3.63, 3.8) is 0 Å². The Kier molecular flexibility index (Phi) is 4.50. The van der Waals surface area contributed by atoms with Crippen LogP contribution in [0.3, 0.4) is 0 Å². The van der Waals surface area contributed by atoms with Gasteiger partial charge in [0.25, 0.3) is 0 Å². The van der Waals surface area contributed by atoms with Crippen LogP contribution in [0.15, 0.2) is 0 Å². The molecule has 14 atom stereocenters. The van der Waals surface area contributed by atoms with Gasteiger partial charge in [-0.15, -0.1) is 0 Å². The summed E-state index contributed by atoms with van der Waals surface area (Å²) >= 11 is 0. The van der Waals surface area contributed by atoms with E-state index < -0.39 is 105 Å². The van der Waals surface area contributed by atoms with Gasteiger partial charge in [0.2, 0.25) is 11.6 Å². The third kappa shape index (κ3) is 2.55. The summed E-state index contributed by atoms with van der Waals surface area (Å²) in [6.07, 6.45) is -2.62. The highest BCUT2D eigenvalue weighted by Crippen LogP contribution is 2.71. The molecule has 6 aliphatic heterocycles. The van der Waals surface area contributed by atoms with Gasteiger partial charge < -0.3 is 33.9 Å². The molecule has 8 fully saturated rings. The van der Waals surface area contributed by atoms with E-state index in [1.807, 2.05) is 13.8 Å². The molecule has 0 aromatic rings. The molecule has 0 aromatic heterocycles. The molecule has 0 aromatic carbocycles. The SMILES string of the molecule is C[C@H]1C(=O)O[C@@H]2[C@H]1O[C@@]1(C)C(=O)[C@@]3(C)CC[C@]45C[C@]67OC(=O)C[C@H]6OC(C)(C)[C@@H]7C[C@H](O)[C@H]4C(=O)[C@](O)(O5)[C@H]3[C@@H]21. The van der Waals surface area contributed by atoms with E-state index in [0.29, 0.717) is 0 Å². The first-order valence-corrected chi connectivity index (χ1v) is 14.5. The zero-order valence-electron chi connectivity index (χ0n) is 23.3. The number of aliphatic hydroxyl groups excluding tert-OH is 1. The fourth-order valence-corrected chi connectivity index (χ4v) is 10.9. The van der Waals surface area contributed by atoms with Crippen molar-refractivity contribution in [1.82, 2.24) is 0 Å². The van der Waals surface area contributed by atoms with Gasteiger partial charge >= 0.3 is 11.9 Å². The van der Waals surface area contributed by atoms with Crippen LogP contribution in [0.1, 0.15) is 66.7 Å². The van der Waals surface area contributed by atoms with E-state index in [1.165, 1.54) is 0 Å². The van der Waals surface area contributed by atoms with Crippen LogP contribution in [0.4, 0.5) is 0 Å². The summed E-state index contributed by atoms with van der Waals surface area (Å²) in [7, 11) is 0. The van der Waals surface area contributed by atoms with Gasteiger partial charge in [-0.05, 0) is 47.0 Å². The number of hydrogen-bond acceptors (Lipinski definition) is 11. The molecule has 6 saturated heterocycles. The Balaban J connectivity index is 1.28. The molecule has 40 heavy (non-hydrogen) atoms. The molecule has 11 heteroatoms. The number of ether oxygens (including phenoxy) is 5. The maximum atomic E-state index is 14.5. The minimum absolute atomic E-state index is 0.0538. The molecule has 2 aliphatic carbocycles. The second-order valence-electron chi connectivity index (χ2n) is 14.7. The van der Waals surface area contributed by atoms with E-state index in [9.17, 15) is 29.4 Å². The predicted molar refractivity (Wildman–Crippen MR) is 130 cm³/mol. The Labute approximate surface area is 231 Å². The van der Waals surface area contributed by atoms with Gasteiger partial charge in [-0.3, -0.25) is 19.2 Å². The first-order chi connectivity index (χ1) is 18.5. The number of ketones is 2. The summed E-state index contributed by atoms with van der Waals surface area (Å²) in [5.41, 5.74) is -5.87. The van der Waals surface area contributed by atoms with Crippen molar-refractivity contribution in [1.29, 1.82) is 0 Å². The highest BCUT2D eigenvalue weighted by Gasteiger charge is 2.84. The molecule has 11 nitrogen and oxygen atoms in total. The summed E-state index contributed by atoms with van der Waals surface area (Å²) < 4.78 is 31.0. The van der Waals surface area contributed by atoms with Crippen LogP contribution in [0, 0.1) is 35.0 Å². The van der Waals surface area contributed by atoms with Crippen molar-refractivity contribution in [2.24, 2.45) is 35.0 Å². The molecule has 8 rings (SSSR count). The van der Waals surface area contributed by atoms with Gasteiger partial charge in [-0.25, -0.2) is 0 Å². The molecular weight excluding hydrogens is 524 g/mol. The summed E-state index contributed by atoms with van der Waals surface area (Å²) in [5.74, 6) is -8.20. The summed E-state index contributed by atoms with van der Waals surface area (Å²) in [5, 5.41) is 24.1. The van der Waals surface area contributed by atoms with E-state index in [4.69, 9.17) is 23.7 Å². The van der Waals surface area contributed by atoms with Crippen LogP contribution in [0.5, 0.6) is 0 Å². The number of carbonyl (C=O) groups is 4. The summed E-state index contributed by atoms with van der Waals surface area (Å²) in [6.45, 7) is 8.87. The van der Waals surface area contributed by atoms with Gasteiger partial charge in [0.05, 0.1) is 35.6 Å². The normalized spacial score (nSPS) is 60.6. The fraction of sp³-hybridized carbons (Fsp3) is 0.862. The largest absolute Gasteiger partial charge is 0.459 e. The zero-order valence-corrected chi connectivity index (χ0v) is 23.3. The number of fused-ring (bicyclic) bond motifs is 7. The monoisotopic (exact) mass is 560 g/mol. The molecule has 2 saturated carbocycles. The number of esters is 2. The van der Waals surface area contributed by atoms with Crippen molar-refractivity contribution in [3.05, 3.63) is 0 Å². The van der Waals surface area contributed by atoms with Gasteiger partial charge in [-0.1, -0.05) is 6.92 Å². The van der Waals surface area contributed by atoms with Crippen LogP contribution in [0.25, 0.3) is 0 Å². The van der Waals surface area contributed by atoms with E-state index >= 15 is 0 Å². The van der Waals surface area contributed by atoms with Crippen LogP contribution in [0.2, 0.25) is 0 Å². The predicted octanol–water partition coefficient (Wildman–Crippen LogP) is 0.598. The smallest absolute Gasteiger partial charge is 0.311 e. The third-order valence-corrected chi connectivity index (χ3v) is 12.4. The Bertz CT molecular complexity index is 1290. The van der Waals surface area contributed by atoms with Crippen molar-refractivity contribution < 1.29 is 53.1 Å². The van der Waals surface area contributed by atoms with Crippen LogP contribution in [-0.2, 0) is 42.9 Å². The van der Waals surface area contributed by atoms with Gasteiger partial charge in [0, 0.05) is 29.6 Å². The van der Waals surface area contributed by atoms with Crippen LogP contribution >= 0.6 is 0 Å². The molecule has 0 unspecified atom stereocenters. The minimum Gasteiger partial charge on any atom is -0.459 e. The van der Waals surface area contributed by atoms with Crippen LogP contribution in [-0.4, -0.2) is 86.3 Å². The van der Waals surface area contributed by atoms with Gasteiger partial charge in [0.1, 0.15) is 29.5 Å². The van der Waals surface area contributed by atoms with Gasteiger partial charge in [-0.2, -0.15) is 0 Å². The Morgan fingerprint density at radius 2 is 1.70 bits per heavy atom. The standard InChI is InChI=1S/C29H36O11/c1-11-18-19(36-22(11)33)17-20-25(4,23(34)26(17,5)39-18)6-7-27-10-28-13(24(2,3)37-14(28)9-15(31)38-28)8-12(30)16(27)21(32)29(20,35)40-27/h11-14,16-20,30,35H,6-10H2,1-5H3/t11-,12+,13+,14-,16+,17-,18+,19+,20+,25+,26-,27+,28-,29-/m1/s1. The first-order valence-electron chi connectivity index (χ1n) is 14.5. The molecule has 218 valence electrons. The number of rotatable bonds is 0. The fourth-order valence-electron chi connectivity index (χ4n) is 10.9. The summed E-state index contributed by atoms with van der Waals surface area (Å²) in [6, 6.07) is 0. The van der Waals surface area contributed by atoms with E-state index in [-0.39, 0.29) is 37.9 Å². The lowest BCUT2D eigenvalue weighted by Gasteiger charge is -2.41. The zero-order chi connectivity index (χ0) is 28.6. The van der Waals surface area contributed by atoms with E-state index in [2.05, 4.69) is 0 Å². The average Bonchev–Trinajstić information content (AvgIpc) is 3.52. The second kappa shape index (κ2) is 6.99. The lowest BCUT2D eigenvalue weighted by atomic mass is 9.62. The maximum Gasteiger partial charge on any atom is 0.311 e. The molecule has 2 N–H and O–H groups in total. The van der Waals surface area contributed by atoms with E-state index in [0.717, 1.165) is 0 Å². The Morgan fingerprint density at radius 3 is 2.42 bits per heavy atom. The van der Waals surface area contributed by atoms with Crippen molar-refractivity contribution >= 4 is 23.5 Å². The number of carbonyl (C=O) groups excluding carboxylic acids is 4. The van der Waals surface area contributed by atoms with Crippen LogP contribution < -0.4 is 0 Å². The first kappa shape index (κ1) is 25.8. The lowest BCUT2D eigenvalue weighted by Crippen LogP contribution is -2.55. The molecule has 0 amide bonds. The molecule has 6 heterocycles. The highest BCUT2D eigenvalue weighted by atomic mass is 16.7. The Hall–Kier alpha value is -1.92. The quantitative estimate of drug-likeness (QED) is 0.400. The van der Waals surface area contributed by atoms with Crippen molar-refractivity contribution in [3.8, 4) is 0 Å². The summed E-state index contributed by atoms with van der Waals surface area (Å²) in [4.78, 5) is 53.9. The Morgan fingerprint density at radius 1 is 0.975 bits per heavy atom. The third-order valence-electron chi connectivity index (χ3n) is 12.4. The molecule has 8 aliphatic rings. The van der Waals surface area contributed by atoms with Gasteiger partial charge in [0.15, 0.2) is 5.78 Å². The number of aliphatic hydroxyl groups is 2. The topological polar surface area (TPSA) is 155 Å². The molecule has 2 spiro atoms. The number of hydrogen-bond donors (Lipinski definition) is 2. The number of Topliss-reactive ketones (excluding diaryl/α,β-unsaturated/α-hetero) is 2. The molecular formula is C29H36O11. The maximum absolute atomic E-state index is 14.5.